The Kier molecular flexibility index (Phi) is 4.16. The van der Waals surface area contributed by atoms with Crippen LogP contribution in [0.2, 0.25) is 0 Å². The predicted octanol–water partition coefficient (Wildman–Crippen LogP) is 3.87. The highest BCUT2D eigenvalue weighted by Crippen LogP contribution is 2.36. The molecule has 112 valence electrons. The molecule has 4 heteroatoms. The van der Waals surface area contributed by atoms with E-state index in [-0.39, 0.29) is 0 Å². The van der Waals surface area contributed by atoms with Gasteiger partial charge < -0.3 is 9.15 Å². The molecule has 1 aliphatic heterocycles. The first kappa shape index (κ1) is 15.3. The van der Waals surface area contributed by atoms with Crippen LogP contribution >= 0.6 is 0 Å². The van der Waals surface area contributed by atoms with Crippen LogP contribution < -0.4 is 0 Å². The average Bonchev–Trinajstić information content (AvgIpc) is 2.85. The van der Waals surface area contributed by atoms with Crippen LogP contribution in [-0.2, 0) is 14.3 Å². The minimum atomic E-state index is -0.557. The Morgan fingerprint density at radius 1 is 1.10 bits per heavy atom. The number of allylic oxidation sites excluding steroid dienone is 2. The fourth-order valence-electron chi connectivity index (χ4n) is 2.69. The average molecular weight is 288 g/mol. The number of esters is 2. The Balaban J connectivity index is 2.75. The van der Waals surface area contributed by atoms with E-state index in [0.717, 1.165) is 34.7 Å². The Bertz CT molecular complexity index is 667. The van der Waals surface area contributed by atoms with E-state index in [2.05, 4.69) is 0 Å². The number of hydrogen-bond acceptors (Lipinski definition) is 4. The Morgan fingerprint density at radius 3 is 2.19 bits per heavy atom. The van der Waals surface area contributed by atoms with Crippen molar-refractivity contribution in [1.82, 2.24) is 0 Å². The third kappa shape index (κ3) is 2.71. The molecular formula is C17H20O4. The summed E-state index contributed by atoms with van der Waals surface area (Å²) in [5.74, 6) is 0.427. The topological polar surface area (TPSA) is 56.5 Å². The SMILES string of the molecule is CCC/C(=C1/C(=O)OC(=O)C1=C(C)C)c1cc(C)oc1C. The molecule has 0 N–H and O–H groups in total. The highest BCUT2D eigenvalue weighted by atomic mass is 16.6. The fraction of sp³-hybridized carbons (Fsp3) is 0.412. The first-order valence-corrected chi connectivity index (χ1v) is 7.11. The molecule has 2 rings (SSSR count). The van der Waals surface area contributed by atoms with Gasteiger partial charge in [-0.2, -0.15) is 0 Å². The molecule has 0 unspecified atom stereocenters. The molecule has 2 heterocycles. The molecule has 21 heavy (non-hydrogen) atoms. The second-order valence-electron chi connectivity index (χ2n) is 5.48. The third-order valence-electron chi connectivity index (χ3n) is 3.51. The summed E-state index contributed by atoms with van der Waals surface area (Å²) in [4.78, 5) is 24.0. The zero-order valence-electron chi connectivity index (χ0n) is 13.1. The van der Waals surface area contributed by atoms with Gasteiger partial charge in [-0.1, -0.05) is 18.9 Å². The molecule has 0 amide bonds. The van der Waals surface area contributed by atoms with Gasteiger partial charge in [0.1, 0.15) is 11.5 Å². The number of aryl methyl sites for hydroxylation is 2. The van der Waals surface area contributed by atoms with Crippen LogP contribution in [-0.4, -0.2) is 11.9 Å². The number of cyclic esters (lactones) is 2. The summed E-state index contributed by atoms with van der Waals surface area (Å²) in [6, 6.07) is 1.91. The lowest BCUT2D eigenvalue weighted by Gasteiger charge is -2.09. The molecule has 1 aromatic rings. The molecule has 0 bridgehead atoms. The summed E-state index contributed by atoms with van der Waals surface area (Å²) in [7, 11) is 0. The van der Waals surface area contributed by atoms with Crippen LogP contribution in [0.25, 0.3) is 5.57 Å². The minimum absolute atomic E-state index is 0.390. The Hall–Kier alpha value is -2.10. The number of rotatable bonds is 3. The first-order chi connectivity index (χ1) is 9.86. The maximum Gasteiger partial charge on any atom is 0.347 e. The molecule has 4 nitrogen and oxygen atoms in total. The summed E-state index contributed by atoms with van der Waals surface area (Å²) < 4.78 is 10.4. The quantitative estimate of drug-likeness (QED) is 0.481. The number of furan rings is 1. The van der Waals surface area contributed by atoms with E-state index in [1.54, 1.807) is 0 Å². The monoisotopic (exact) mass is 288 g/mol. The molecule has 0 atom stereocenters. The van der Waals surface area contributed by atoms with Gasteiger partial charge in [0, 0.05) is 5.56 Å². The first-order valence-electron chi connectivity index (χ1n) is 7.11. The van der Waals surface area contributed by atoms with Gasteiger partial charge in [0.2, 0.25) is 0 Å². The van der Waals surface area contributed by atoms with Crippen molar-refractivity contribution >= 4 is 17.5 Å². The standard InChI is InChI=1S/C17H20O4/c1-6-7-12(13-8-10(4)20-11(13)5)15-14(9(2)3)16(18)21-17(15)19/h8H,6-7H2,1-5H3/b15-12-. The van der Waals surface area contributed by atoms with E-state index in [1.165, 1.54) is 0 Å². The van der Waals surface area contributed by atoms with E-state index in [0.29, 0.717) is 17.6 Å². The van der Waals surface area contributed by atoms with Gasteiger partial charge in [0.05, 0.1) is 11.1 Å². The minimum Gasteiger partial charge on any atom is -0.466 e. The van der Waals surface area contributed by atoms with Crippen LogP contribution in [0.1, 0.15) is 50.7 Å². The smallest absolute Gasteiger partial charge is 0.347 e. The molecule has 0 saturated carbocycles. The number of ether oxygens (including phenoxy) is 1. The van der Waals surface area contributed by atoms with Crippen LogP contribution in [0.3, 0.4) is 0 Å². The van der Waals surface area contributed by atoms with Crippen LogP contribution in [0.5, 0.6) is 0 Å². The van der Waals surface area contributed by atoms with Crippen molar-refractivity contribution in [2.24, 2.45) is 0 Å². The second kappa shape index (κ2) is 5.72. The van der Waals surface area contributed by atoms with E-state index in [1.807, 2.05) is 40.7 Å². The highest BCUT2D eigenvalue weighted by Gasteiger charge is 2.37. The summed E-state index contributed by atoms with van der Waals surface area (Å²) in [6.07, 6.45) is 1.55. The Labute approximate surface area is 124 Å². The number of carbonyl (C=O) groups excluding carboxylic acids is 2. The molecule has 0 spiro atoms. The van der Waals surface area contributed by atoms with E-state index in [9.17, 15) is 9.59 Å². The van der Waals surface area contributed by atoms with E-state index in [4.69, 9.17) is 9.15 Å². The van der Waals surface area contributed by atoms with Gasteiger partial charge in [0.25, 0.3) is 0 Å². The Morgan fingerprint density at radius 2 is 1.71 bits per heavy atom. The zero-order valence-corrected chi connectivity index (χ0v) is 13.1. The molecular weight excluding hydrogens is 268 g/mol. The molecule has 0 aromatic carbocycles. The van der Waals surface area contributed by atoms with E-state index >= 15 is 0 Å². The maximum atomic E-state index is 12.1. The zero-order chi connectivity index (χ0) is 15.7. The third-order valence-corrected chi connectivity index (χ3v) is 3.51. The van der Waals surface area contributed by atoms with Crippen molar-refractivity contribution in [3.05, 3.63) is 39.9 Å². The van der Waals surface area contributed by atoms with Crippen molar-refractivity contribution in [2.75, 3.05) is 0 Å². The lowest BCUT2D eigenvalue weighted by molar-refractivity contribution is -0.149. The fourth-order valence-corrected chi connectivity index (χ4v) is 2.69. The largest absolute Gasteiger partial charge is 0.466 e. The number of carbonyl (C=O) groups is 2. The predicted molar refractivity (Wildman–Crippen MR) is 79.5 cm³/mol. The van der Waals surface area contributed by atoms with E-state index < -0.39 is 11.9 Å². The van der Waals surface area contributed by atoms with Gasteiger partial charge in [-0.05, 0) is 45.8 Å². The molecule has 0 aliphatic carbocycles. The van der Waals surface area contributed by atoms with Crippen LogP contribution in [0, 0.1) is 13.8 Å². The molecule has 1 aliphatic rings. The molecule has 1 saturated heterocycles. The van der Waals surface area contributed by atoms with Crippen molar-refractivity contribution in [3.63, 3.8) is 0 Å². The highest BCUT2D eigenvalue weighted by molar-refractivity contribution is 6.22. The van der Waals surface area contributed by atoms with Crippen molar-refractivity contribution < 1.29 is 18.7 Å². The van der Waals surface area contributed by atoms with Crippen LogP contribution in [0.4, 0.5) is 0 Å². The molecule has 1 fully saturated rings. The lowest BCUT2D eigenvalue weighted by atomic mass is 9.91. The lowest BCUT2D eigenvalue weighted by Crippen LogP contribution is -2.02. The van der Waals surface area contributed by atoms with Gasteiger partial charge in [-0.3, -0.25) is 0 Å². The van der Waals surface area contributed by atoms with Gasteiger partial charge >= 0.3 is 11.9 Å². The normalized spacial score (nSPS) is 17.3. The maximum absolute atomic E-state index is 12.1. The van der Waals surface area contributed by atoms with Gasteiger partial charge in [-0.25, -0.2) is 9.59 Å². The second-order valence-corrected chi connectivity index (χ2v) is 5.48. The van der Waals surface area contributed by atoms with Gasteiger partial charge in [-0.15, -0.1) is 0 Å². The summed E-state index contributed by atoms with van der Waals surface area (Å²) in [6.45, 7) is 9.39. The van der Waals surface area contributed by atoms with Crippen LogP contribution in [0.15, 0.2) is 27.2 Å². The summed E-state index contributed by atoms with van der Waals surface area (Å²) in [5.41, 5.74) is 3.29. The summed E-state index contributed by atoms with van der Waals surface area (Å²) in [5, 5.41) is 0. The van der Waals surface area contributed by atoms with Gasteiger partial charge in [0.15, 0.2) is 0 Å². The van der Waals surface area contributed by atoms with Crippen molar-refractivity contribution in [3.8, 4) is 0 Å². The van der Waals surface area contributed by atoms with Crippen molar-refractivity contribution in [2.45, 2.75) is 47.5 Å². The van der Waals surface area contributed by atoms with Crippen molar-refractivity contribution in [1.29, 1.82) is 0 Å². The molecule has 0 radical (unpaired) electrons. The molecule has 1 aromatic heterocycles. The number of hydrogen-bond donors (Lipinski definition) is 0. The summed E-state index contributed by atoms with van der Waals surface area (Å²) >= 11 is 0.